The Balaban J connectivity index is 0.00000289. The summed E-state index contributed by atoms with van der Waals surface area (Å²) in [4.78, 5) is 11.7. The van der Waals surface area contributed by atoms with Gasteiger partial charge in [-0.2, -0.15) is 0 Å². The molecule has 3 heterocycles. The van der Waals surface area contributed by atoms with Crippen LogP contribution in [0.2, 0.25) is 0 Å². The number of hydrogen-bond acceptors (Lipinski definition) is 4. The van der Waals surface area contributed by atoms with Gasteiger partial charge in [-0.25, -0.2) is 9.98 Å². The molecule has 3 aromatic rings. The summed E-state index contributed by atoms with van der Waals surface area (Å²) in [6.07, 6.45) is 6.13. The van der Waals surface area contributed by atoms with E-state index in [1.165, 1.54) is 16.1 Å². The first kappa shape index (κ1) is 24.6. The van der Waals surface area contributed by atoms with E-state index in [1.807, 2.05) is 30.7 Å². The van der Waals surface area contributed by atoms with Gasteiger partial charge >= 0.3 is 0 Å². The van der Waals surface area contributed by atoms with Crippen LogP contribution < -0.4 is 15.5 Å². The average Bonchev–Trinajstić information content (AvgIpc) is 3.46. The predicted molar refractivity (Wildman–Crippen MR) is 145 cm³/mol. The molecule has 1 aliphatic rings. The highest BCUT2D eigenvalue weighted by Crippen LogP contribution is 2.24. The van der Waals surface area contributed by atoms with Gasteiger partial charge in [-0.1, -0.05) is 24.3 Å². The third kappa shape index (κ3) is 6.71. The van der Waals surface area contributed by atoms with E-state index < -0.39 is 0 Å². The summed E-state index contributed by atoms with van der Waals surface area (Å²) >= 11 is 1.83. The number of piperidine rings is 1. The van der Waals surface area contributed by atoms with Gasteiger partial charge in [0.25, 0.3) is 0 Å². The quantitative estimate of drug-likeness (QED) is 0.250. The van der Waals surface area contributed by atoms with E-state index in [1.54, 1.807) is 0 Å². The van der Waals surface area contributed by atoms with E-state index in [0.29, 0.717) is 12.6 Å². The number of guanidine groups is 1. The molecule has 32 heavy (non-hydrogen) atoms. The van der Waals surface area contributed by atoms with Gasteiger partial charge in [0.2, 0.25) is 0 Å². The number of halogens is 1. The monoisotopic (exact) mass is 564 g/mol. The fourth-order valence-electron chi connectivity index (χ4n) is 3.97. The number of imidazole rings is 1. The molecule has 1 saturated heterocycles. The van der Waals surface area contributed by atoms with Gasteiger partial charge in [-0.05, 0) is 55.3 Å². The number of anilines is 1. The molecule has 8 heteroatoms. The van der Waals surface area contributed by atoms with Crippen LogP contribution in [0.3, 0.4) is 0 Å². The summed E-state index contributed by atoms with van der Waals surface area (Å²) in [7, 11) is 0. The Morgan fingerprint density at radius 1 is 1.19 bits per heavy atom. The van der Waals surface area contributed by atoms with Gasteiger partial charge in [0, 0.05) is 44.6 Å². The van der Waals surface area contributed by atoms with Crippen molar-refractivity contribution in [2.75, 3.05) is 24.5 Å². The standard InChI is InChI=1S/C24H32N6S.HI/c1-3-25-24(28-22-9-12-29(13-10-22)23-8-5-15-31-23)27-17-20-6-4-7-21(16-20)18-30-14-11-26-19(30)2;/h4-8,11,14-16,22H,3,9-10,12-13,17-18H2,1-2H3,(H2,25,27,28);1H. The molecule has 0 atom stereocenters. The lowest BCUT2D eigenvalue weighted by atomic mass is 10.1. The molecule has 0 spiro atoms. The fourth-order valence-corrected chi connectivity index (χ4v) is 4.76. The fraction of sp³-hybridized carbons (Fsp3) is 0.417. The van der Waals surface area contributed by atoms with Crippen LogP contribution in [0.1, 0.15) is 36.7 Å². The predicted octanol–water partition coefficient (Wildman–Crippen LogP) is 4.64. The molecule has 2 aromatic heterocycles. The number of rotatable bonds is 7. The SMILES string of the molecule is CCNC(=NCc1cccc(Cn2ccnc2C)c1)NC1CCN(c2cccs2)CC1.I. The van der Waals surface area contributed by atoms with Gasteiger partial charge < -0.3 is 20.1 Å². The van der Waals surface area contributed by atoms with E-state index >= 15 is 0 Å². The van der Waals surface area contributed by atoms with Crippen molar-refractivity contribution in [3.8, 4) is 0 Å². The van der Waals surface area contributed by atoms with Gasteiger partial charge in [-0.15, -0.1) is 35.3 Å². The first-order valence-electron chi connectivity index (χ1n) is 11.1. The molecule has 4 rings (SSSR count). The third-order valence-electron chi connectivity index (χ3n) is 5.69. The van der Waals surface area contributed by atoms with Crippen LogP contribution in [0.15, 0.2) is 59.2 Å². The molecule has 0 bridgehead atoms. The highest BCUT2D eigenvalue weighted by molar-refractivity contribution is 14.0. The van der Waals surface area contributed by atoms with Crippen LogP contribution in [0.4, 0.5) is 5.00 Å². The second kappa shape index (κ2) is 12.2. The maximum atomic E-state index is 4.87. The van der Waals surface area contributed by atoms with E-state index in [9.17, 15) is 0 Å². The van der Waals surface area contributed by atoms with E-state index in [2.05, 4.69) is 73.8 Å². The van der Waals surface area contributed by atoms with Gasteiger partial charge in [0.15, 0.2) is 5.96 Å². The van der Waals surface area contributed by atoms with Crippen molar-refractivity contribution in [1.82, 2.24) is 20.2 Å². The third-order valence-corrected chi connectivity index (χ3v) is 6.61. The Bertz CT molecular complexity index is 976. The minimum Gasteiger partial charge on any atom is -0.363 e. The number of aryl methyl sites for hydroxylation is 1. The first-order chi connectivity index (χ1) is 15.2. The normalized spacial score (nSPS) is 14.8. The molecule has 0 aliphatic carbocycles. The van der Waals surface area contributed by atoms with Crippen molar-refractivity contribution < 1.29 is 0 Å². The number of nitrogens with zero attached hydrogens (tertiary/aromatic N) is 4. The summed E-state index contributed by atoms with van der Waals surface area (Å²) in [5.41, 5.74) is 2.49. The lowest BCUT2D eigenvalue weighted by Gasteiger charge is -2.33. The van der Waals surface area contributed by atoms with Crippen molar-refractivity contribution in [2.24, 2.45) is 4.99 Å². The van der Waals surface area contributed by atoms with Gasteiger partial charge in [-0.3, -0.25) is 0 Å². The zero-order chi connectivity index (χ0) is 21.5. The maximum absolute atomic E-state index is 4.87. The van der Waals surface area contributed by atoms with Crippen LogP contribution in [0, 0.1) is 6.92 Å². The van der Waals surface area contributed by atoms with E-state index in [0.717, 1.165) is 50.8 Å². The topological polar surface area (TPSA) is 57.5 Å². The zero-order valence-corrected chi connectivity index (χ0v) is 22.0. The average molecular weight is 565 g/mol. The minimum atomic E-state index is 0. The molecule has 2 N–H and O–H groups in total. The largest absolute Gasteiger partial charge is 0.363 e. The molecule has 0 saturated carbocycles. The Hall–Kier alpha value is -2.07. The summed E-state index contributed by atoms with van der Waals surface area (Å²) in [5.74, 6) is 1.94. The van der Waals surface area contributed by atoms with Crippen LogP contribution in [0.25, 0.3) is 0 Å². The Labute approximate surface area is 212 Å². The molecule has 1 aromatic carbocycles. The maximum Gasteiger partial charge on any atom is 0.191 e. The molecule has 0 unspecified atom stereocenters. The lowest BCUT2D eigenvalue weighted by molar-refractivity contribution is 0.463. The second-order valence-corrected chi connectivity index (χ2v) is 8.90. The summed E-state index contributed by atoms with van der Waals surface area (Å²) < 4.78 is 2.16. The van der Waals surface area contributed by atoms with E-state index in [4.69, 9.17) is 4.99 Å². The number of nitrogens with one attached hydrogen (secondary N) is 2. The second-order valence-electron chi connectivity index (χ2n) is 7.97. The molecule has 0 radical (unpaired) electrons. The van der Waals surface area contributed by atoms with Gasteiger partial charge in [0.1, 0.15) is 5.82 Å². The number of benzene rings is 1. The van der Waals surface area contributed by atoms with Crippen LogP contribution in [0.5, 0.6) is 0 Å². The van der Waals surface area contributed by atoms with E-state index in [-0.39, 0.29) is 24.0 Å². The summed E-state index contributed by atoms with van der Waals surface area (Å²) in [5, 5.41) is 10.6. The number of aromatic nitrogens is 2. The van der Waals surface area contributed by atoms with Crippen molar-refractivity contribution in [1.29, 1.82) is 0 Å². The van der Waals surface area contributed by atoms with Crippen molar-refractivity contribution in [2.45, 2.75) is 45.8 Å². The van der Waals surface area contributed by atoms with Crippen LogP contribution >= 0.6 is 35.3 Å². The molecule has 1 aliphatic heterocycles. The Morgan fingerprint density at radius 3 is 2.69 bits per heavy atom. The molecular weight excluding hydrogens is 531 g/mol. The smallest absolute Gasteiger partial charge is 0.191 e. The molecule has 172 valence electrons. The van der Waals surface area contributed by atoms with Crippen molar-refractivity contribution in [3.63, 3.8) is 0 Å². The lowest BCUT2D eigenvalue weighted by Crippen LogP contribution is -2.48. The summed E-state index contributed by atoms with van der Waals surface area (Å²) in [6, 6.07) is 13.5. The molecule has 0 amide bonds. The number of thiophene rings is 1. The minimum absolute atomic E-state index is 0. The Kier molecular flexibility index (Phi) is 9.40. The highest BCUT2D eigenvalue weighted by atomic mass is 127. The number of aliphatic imine (C=N–C) groups is 1. The highest BCUT2D eigenvalue weighted by Gasteiger charge is 2.20. The molecule has 1 fully saturated rings. The zero-order valence-electron chi connectivity index (χ0n) is 18.8. The van der Waals surface area contributed by atoms with Crippen molar-refractivity contribution >= 4 is 46.3 Å². The summed E-state index contributed by atoms with van der Waals surface area (Å²) in [6.45, 7) is 8.70. The van der Waals surface area contributed by atoms with Crippen molar-refractivity contribution in [3.05, 3.63) is 71.1 Å². The van der Waals surface area contributed by atoms with Gasteiger partial charge in [0.05, 0.1) is 11.5 Å². The first-order valence-corrected chi connectivity index (χ1v) is 12.0. The van der Waals surface area contributed by atoms with Crippen LogP contribution in [-0.4, -0.2) is 41.2 Å². The molecular formula is C24H33IN6S. The Morgan fingerprint density at radius 2 is 2.00 bits per heavy atom. The van der Waals surface area contributed by atoms with Crippen LogP contribution in [-0.2, 0) is 13.1 Å². The molecule has 6 nitrogen and oxygen atoms in total. The number of hydrogen-bond donors (Lipinski definition) is 2.